The maximum Gasteiger partial charge on any atom is 0.176 e. The van der Waals surface area contributed by atoms with Crippen molar-refractivity contribution in [2.24, 2.45) is 5.92 Å². The molecule has 0 spiro atoms. The van der Waals surface area contributed by atoms with Gasteiger partial charge in [-0.1, -0.05) is 34.1 Å². The molecule has 1 heterocycles. The summed E-state index contributed by atoms with van der Waals surface area (Å²) in [5.41, 5.74) is 1.37. The van der Waals surface area contributed by atoms with Crippen molar-refractivity contribution >= 4 is 11.3 Å². The lowest BCUT2D eigenvalue weighted by molar-refractivity contribution is 0.421. The Labute approximate surface area is 98.5 Å². The van der Waals surface area contributed by atoms with Crippen LogP contribution in [0.3, 0.4) is 0 Å². The number of hydrogen-bond acceptors (Lipinski definition) is 2. The molecule has 0 amide bonds. The van der Waals surface area contributed by atoms with Crippen LogP contribution in [0.25, 0.3) is 0 Å². The molecule has 0 saturated carbocycles. The van der Waals surface area contributed by atoms with Crippen LogP contribution in [0.15, 0.2) is 11.4 Å². The minimum absolute atomic E-state index is 0.810. The van der Waals surface area contributed by atoms with E-state index in [9.17, 15) is 0 Å². The number of ether oxygens (including phenoxy) is 1. The van der Waals surface area contributed by atoms with E-state index in [4.69, 9.17) is 4.74 Å². The Bertz CT molecular complexity index is 240. The Hall–Kier alpha value is -0.500. The van der Waals surface area contributed by atoms with Crippen molar-refractivity contribution in [2.75, 3.05) is 7.11 Å². The van der Waals surface area contributed by atoms with Crippen LogP contribution in [0.4, 0.5) is 0 Å². The zero-order chi connectivity index (χ0) is 11.7. The maximum atomic E-state index is 5.26. The first-order valence-corrected chi connectivity index (χ1v) is 6.72. The number of rotatable bonds is 5. The standard InChI is InChI=1S/C11H18OS.C2H6/c1-9(2)5-4-6-10-7-8-13-11(10)12-3;1-2/h7-9H,4-6H2,1-3H3;1-2H3. The molecule has 15 heavy (non-hydrogen) atoms. The van der Waals surface area contributed by atoms with E-state index in [0.717, 1.165) is 17.4 Å². The molecular weight excluding hydrogens is 204 g/mol. The van der Waals surface area contributed by atoms with E-state index in [-0.39, 0.29) is 0 Å². The molecule has 0 atom stereocenters. The summed E-state index contributed by atoms with van der Waals surface area (Å²) in [4.78, 5) is 0. The average Bonchev–Trinajstić information content (AvgIpc) is 2.68. The summed E-state index contributed by atoms with van der Waals surface area (Å²) < 4.78 is 5.26. The Kier molecular flexibility index (Phi) is 8.49. The van der Waals surface area contributed by atoms with Gasteiger partial charge in [0.25, 0.3) is 0 Å². The fourth-order valence-corrected chi connectivity index (χ4v) is 2.16. The molecule has 0 aliphatic carbocycles. The van der Waals surface area contributed by atoms with E-state index in [0.29, 0.717) is 0 Å². The summed E-state index contributed by atoms with van der Waals surface area (Å²) in [5.74, 6) is 0.810. The van der Waals surface area contributed by atoms with Crippen molar-refractivity contribution in [3.05, 3.63) is 17.0 Å². The average molecular weight is 228 g/mol. The van der Waals surface area contributed by atoms with Crippen LogP contribution in [0.2, 0.25) is 0 Å². The third kappa shape index (κ3) is 5.83. The molecule has 0 aliphatic rings. The Balaban J connectivity index is 0.000000921. The van der Waals surface area contributed by atoms with E-state index in [1.54, 1.807) is 18.4 Å². The maximum absolute atomic E-state index is 5.26. The predicted molar refractivity (Wildman–Crippen MR) is 70.0 cm³/mol. The van der Waals surface area contributed by atoms with Gasteiger partial charge in [0.05, 0.1) is 7.11 Å². The number of hydrogen-bond donors (Lipinski definition) is 0. The normalized spacial score (nSPS) is 9.73. The third-order valence-corrected chi connectivity index (χ3v) is 3.03. The molecule has 0 bridgehead atoms. The van der Waals surface area contributed by atoms with Crippen LogP contribution < -0.4 is 4.74 Å². The van der Waals surface area contributed by atoms with Gasteiger partial charge in [0.15, 0.2) is 5.06 Å². The summed E-state index contributed by atoms with van der Waals surface area (Å²) in [6.07, 6.45) is 3.73. The van der Waals surface area contributed by atoms with Crippen molar-refractivity contribution in [2.45, 2.75) is 47.0 Å². The Morgan fingerprint density at radius 1 is 1.33 bits per heavy atom. The Morgan fingerprint density at radius 2 is 2.00 bits per heavy atom. The first kappa shape index (κ1) is 14.5. The fourth-order valence-electron chi connectivity index (χ4n) is 1.39. The summed E-state index contributed by atoms with van der Waals surface area (Å²) in [6.45, 7) is 8.54. The van der Waals surface area contributed by atoms with Crippen molar-refractivity contribution < 1.29 is 4.74 Å². The molecule has 0 unspecified atom stereocenters. The first-order chi connectivity index (χ1) is 7.24. The largest absolute Gasteiger partial charge is 0.487 e. The van der Waals surface area contributed by atoms with Crippen LogP contribution in [0, 0.1) is 5.92 Å². The molecule has 0 aliphatic heterocycles. The van der Waals surface area contributed by atoms with Crippen LogP contribution in [-0.4, -0.2) is 7.11 Å². The first-order valence-electron chi connectivity index (χ1n) is 5.84. The van der Waals surface area contributed by atoms with E-state index < -0.39 is 0 Å². The highest BCUT2D eigenvalue weighted by Crippen LogP contribution is 2.27. The summed E-state index contributed by atoms with van der Waals surface area (Å²) in [7, 11) is 1.75. The molecule has 0 radical (unpaired) electrons. The van der Waals surface area contributed by atoms with Crippen molar-refractivity contribution in [1.29, 1.82) is 0 Å². The smallest absolute Gasteiger partial charge is 0.176 e. The predicted octanol–water partition coefficient (Wildman–Crippen LogP) is 4.76. The van der Waals surface area contributed by atoms with Crippen LogP contribution in [0.1, 0.15) is 46.1 Å². The van der Waals surface area contributed by atoms with Gasteiger partial charge in [0.1, 0.15) is 0 Å². The van der Waals surface area contributed by atoms with E-state index in [2.05, 4.69) is 25.3 Å². The van der Waals surface area contributed by atoms with Crippen molar-refractivity contribution in [3.63, 3.8) is 0 Å². The van der Waals surface area contributed by atoms with Gasteiger partial charge in [0, 0.05) is 5.56 Å². The summed E-state index contributed by atoms with van der Waals surface area (Å²) >= 11 is 1.69. The molecule has 88 valence electrons. The highest BCUT2D eigenvalue weighted by Gasteiger charge is 2.03. The SMILES string of the molecule is CC.COc1sccc1CCCC(C)C. The fraction of sp³-hybridized carbons (Fsp3) is 0.692. The lowest BCUT2D eigenvalue weighted by Crippen LogP contribution is -1.91. The minimum Gasteiger partial charge on any atom is -0.487 e. The summed E-state index contributed by atoms with van der Waals surface area (Å²) in [5, 5.41) is 3.19. The van der Waals surface area contributed by atoms with Gasteiger partial charge in [0.2, 0.25) is 0 Å². The molecular formula is C13H24OS. The van der Waals surface area contributed by atoms with E-state index in [1.807, 2.05) is 13.8 Å². The second kappa shape index (κ2) is 8.78. The van der Waals surface area contributed by atoms with Gasteiger partial charge in [-0.05, 0) is 30.2 Å². The van der Waals surface area contributed by atoms with Gasteiger partial charge in [-0.2, -0.15) is 0 Å². The van der Waals surface area contributed by atoms with E-state index >= 15 is 0 Å². The third-order valence-electron chi connectivity index (χ3n) is 2.12. The number of thiophene rings is 1. The molecule has 0 N–H and O–H groups in total. The van der Waals surface area contributed by atoms with Crippen molar-refractivity contribution in [1.82, 2.24) is 0 Å². The lowest BCUT2D eigenvalue weighted by atomic mass is 10.0. The molecule has 1 aromatic heterocycles. The molecule has 0 saturated heterocycles. The monoisotopic (exact) mass is 228 g/mol. The zero-order valence-corrected chi connectivity index (χ0v) is 11.5. The second-order valence-corrected chi connectivity index (χ2v) is 4.60. The lowest BCUT2D eigenvalue weighted by Gasteiger charge is -2.04. The minimum atomic E-state index is 0.810. The highest BCUT2D eigenvalue weighted by molar-refractivity contribution is 7.12. The van der Waals surface area contributed by atoms with Gasteiger partial charge in [-0.25, -0.2) is 0 Å². The topological polar surface area (TPSA) is 9.23 Å². The number of aryl methyl sites for hydroxylation is 1. The van der Waals surface area contributed by atoms with E-state index in [1.165, 1.54) is 18.4 Å². The molecule has 0 fully saturated rings. The molecule has 2 heteroatoms. The molecule has 1 nitrogen and oxygen atoms in total. The summed E-state index contributed by atoms with van der Waals surface area (Å²) in [6, 6.07) is 2.17. The quantitative estimate of drug-likeness (QED) is 0.706. The van der Waals surface area contributed by atoms with Gasteiger partial charge in [-0.15, -0.1) is 11.3 Å². The van der Waals surface area contributed by atoms with Crippen LogP contribution >= 0.6 is 11.3 Å². The Morgan fingerprint density at radius 3 is 2.53 bits per heavy atom. The van der Waals surface area contributed by atoms with Gasteiger partial charge in [-0.3, -0.25) is 0 Å². The van der Waals surface area contributed by atoms with Gasteiger partial charge >= 0.3 is 0 Å². The second-order valence-electron chi connectivity index (χ2n) is 3.72. The van der Waals surface area contributed by atoms with Gasteiger partial charge < -0.3 is 4.74 Å². The van der Waals surface area contributed by atoms with Crippen LogP contribution in [0.5, 0.6) is 5.06 Å². The molecule has 1 rings (SSSR count). The van der Waals surface area contributed by atoms with Crippen molar-refractivity contribution in [3.8, 4) is 5.06 Å². The van der Waals surface area contributed by atoms with Crippen LogP contribution in [-0.2, 0) is 6.42 Å². The molecule has 1 aromatic rings. The number of methoxy groups -OCH3 is 1. The zero-order valence-electron chi connectivity index (χ0n) is 10.7. The molecule has 0 aromatic carbocycles. The highest BCUT2D eigenvalue weighted by atomic mass is 32.1.